The molecule has 0 bridgehead atoms. The molecule has 5 nitrogen and oxygen atoms in total. The van der Waals surface area contributed by atoms with Gasteiger partial charge in [0.15, 0.2) is 5.96 Å². The van der Waals surface area contributed by atoms with Crippen LogP contribution < -0.4 is 5.32 Å². The van der Waals surface area contributed by atoms with Crippen molar-refractivity contribution in [3.05, 3.63) is 16.1 Å². The van der Waals surface area contributed by atoms with Gasteiger partial charge in [0.05, 0.1) is 17.2 Å². The van der Waals surface area contributed by atoms with Crippen LogP contribution in [-0.4, -0.2) is 61.0 Å². The molecule has 1 aromatic heterocycles. The highest BCUT2D eigenvalue weighted by Crippen LogP contribution is 2.21. The number of nitrogens with zero attached hydrogens (tertiary/aromatic N) is 4. The van der Waals surface area contributed by atoms with Crippen molar-refractivity contribution < 1.29 is 0 Å². The van der Waals surface area contributed by atoms with Crippen molar-refractivity contribution in [2.75, 3.05) is 34.2 Å². The van der Waals surface area contributed by atoms with E-state index in [1.54, 1.807) is 11.3 Å². The second kappa shape index (κ2) is 9.99. The van der Waals surface area contributed by atoms with Crippen molar-refractivity contribution in [1.82, 2.24) is 20.1 Å². The van der Waals surface area contributed by atoms with E-state index in [0.717, 1.165) is 48.8 Å². The number of guanidine groups is 1. The summed E-state index contributed by atoms with van der Waals surface area (Å²) in [6, 6.07) is 0.800. The zero-order valence-corrected chi connectivity index (χ0v) is 16.5. The van der Waals surface area contributed by atoms with Crippen LogP contribution in [0.3, 0.4) is 0 Å². The van der Waals surface area contributed by atoms with Crippen LogP contribution >= 0.6 is 11.3 Å². The molecule has 1 saturated carbocycles. The molecule has 1 N–H and O–H groups in total. The lowest BCUT2D eigenvalue weighted by molar-refractivity contribution is 0.190. The first-order valence-electron chi connectivity index (χ1n) is 9.13. The van der Waals surface area contributed by atoms with Crippen LogP contribution in [0.5, 0.6) is 0 Å². The number of rotatable bonds is 7. The molecule has 1 fully saturated rings. The third-order valence-corrected chi connectivity index (χ3v) is 5.63. The highest BCUT2D eigenvalue weighted by molar-refractivity contribution is 7.09. The van der Waals surface area contributed by atoms with E-state index in [1.807, 2.05) is 14.0 Å². The molecule has 1 aliphatic carbocycles. The molecule has 6 heteroatoms. The van der Waals surface area contributed by atoms with E-state index in [4.69, 9.17) is 0 Å². The van der Waals surface area contributed by atoms with E-state index >= 15 is 0 Å². The molecule has 24 heavy (non-hydrogen) atoms. The third-order valence-electron chi connectivity index (χ3n) is 4.81. The van der Waals surface area contributed by atoms with Crippen molar-refractivity contribution in [3.8, 4) is 0 Å². The Bertz CT molecular complexity index is 507. The smallest absolute Gasteiger partial charge is 0.193 e. The van der Waals surface area contributed by atoms with Crippen molar-refractivity contribution in [2.45, 2.75) is 58.0 Å². The number of aromatic nitrogens is 1. The molecule has 0 aliphatic heterocycles. The minimum atomic E-state index is 0.798. The summed E-state index contributed by atoms with van der Waals surface area (Å²) in [6.45, 7) is 4.96. The van der Waals surface area contributed by atoms with Gasteiger partial charge in [0, 0.05) is 32.1 Å². The second-order valence-electron chi connectivity index (χ2n) is 6.81. The Kier molecular flexibility index (Phi) is 7.99. The SMILES string of the molecule is CN=C(NCCCN(C)C1CCCCC1)N(C)Cc1csc(C)n1. The average molecular weight is 352 g/mol. The van der Waals surface area contributed by atoms with E-state index in [0.29, 0.717) is 0 Å². The Morgan fingerprint density at radius 2 is 2.08 bits per heavy atom. The first-order valence-corrected chi connectivity index (χ1v) is 10.0. The number of thiazole rings is 1. The number of hydrogen-bond donors (Lipinski definition) is 1. The predicted molar refractivity (Wildman–Crippen MR) is 104 cm³/mol. The molecule has 0 atom stereocenters. The molecule has 0 aromatic carbocycles. The fraction of sp³-hybridized carbons (Fsp3) is 0.778. The van der Waals surface area contributed by atoms with Crippen LogP contribution in [0, 0.1) is 6.92 Å². The van der Waals surface area contributed by atoms with Crippen molar-refractivity contribution in [1.29, 1.82) is 0 Å². The maximum absolute atomic E-state index is 4.53. The molecular formula is C18H33N5S. The summed E-state index contributed by atoms with van der Waals surface area (Å²) in [5.41, 5.74) is 1.11. The summed E-state index contributed by atoms with van der Waals surface area (Å²) in [5.74, 6) is 0.945. The second-order valence-corrected chi connectivity index (χ2v) is 7.88. The Morgan fingerprint density at radius 1 is 1.33 bits per heavy atom. The molecule has 1 aliphatic rings. The van der Waals surface area contributed by atoms with Crippen molar-refractivity contribution >= 4 is 17.3 Å². The predicted octanol–water partition coefficient (Wildman–Crippen LogP) is 3.11. The minimum absolute atomic E-state index is 0.798. The van der Waals surface area contributed by atoms with Crippen LogP contribution in [0.25, 0.3) is 0 Å². The van der Waals surface area contributed by atoms with Crippen LogP contribution in [0.1, 0.15) is 49.2 Å². The topological polar surface area (TPSA) is 43.8 Å². The first kappa shape index (κ1) is 19.2. The lowest BCUT2D eigenvalue weighted by Crippen LogP contribution is -2.40. The first-order chi connectivity index (χ1) is 11.6. The summed E-state index contributed by atoms with van der Waals surface area (Å²) in [5, 5.41) is 6.72. The third kappa shape index (κ3) is 6.06. The van der Waals surface area contributed by atoms with Crippen molar-refractivity contribution in [3.63, 3.8) is 0 Å². The largest absolute Gasteiger partial charge is 0.356 e. The molecule has 0 saturated heterocycles. The maximum atomic E-state index is 4.53. The van der Waals surface area contributed by atoms with Crippen LogP contribution in [0.15, 0.2) is 10.4 Å². The molecule has 1 aromatic rings. The Balaban J connectivity index is 1.67. The maximum Gasteiger partial charge on any atom is 0.193 e. The molecule has 1 heterocycles. The van der Waals surface area contributed by atoms with Gasteiger partial charge in [0.2, 0.25) is 0 Å². The number of aliphatic imine (C=N–C) groups is 1. The Morgan fingerprint density at radius 3 is 2.71 bits per heavy atom. The molecule has 0 unspecified atom stereocenters. The molecule has 136 valence electrons. The molecule has 0 amide bonds. The van der Waals surface area contributed by atoms with Crippen LogP contribution in [0.4, 0.5) is 0 Å². The monoisotopic (exact) mass is 351 g/mol. The summed E-state index contributed by atoms with van der Waals surface area (Å²) in [6.07, 6.45) is 8.13. The average Bonchev–Trinajstić information content (AvgIpc) is 3.00. The Labute approximate surface area is 151 Å². The molecule has 0 spiro atoms. The van der Waals surface area contributed by atoms with Gasteiger partial charge in [0.25, 0.3) is 0 Å². The lowest BCUT2D eigenvalue weighted by Gasteiger charge is -2.31. The number of hydrogen-bond acceptors (Lipinski definition) is 4. The van der Waals surface area contributed by atoms with E-state index in [2.05, 4.69) is 44.6 Å². The van der Waals surface area contributed by atoms with E-state index in [1.165, 1.54) is 32.1 Å². The van der Waals surface area contributed by atoms with Gasteiger partial charge in [0.1, 0.15) is 0 Å². The molecular weight excluding hydrogens is 318 g/mol. The highest BCUT2D eigenvalue weighted by atomic mass is 32.1. The summed E-state index contributed by atoms with van der Waals surface area (Å²) < 4.78 is 0. The highest BCUT2D eigenvalue weighted by Gasteiger charge is 2.17. The lowest BCUT2D eigenvalue weighted by atomic mass is 9.94. The zero-order chi connectivity index (χ0) is 17.4. The van der Waals surface area contributed by atoms with Gasteiger partial charge in [-0.1, -0.05) is 19.3 Å². The van der Waals surface area contributed by atoms with Gasteiger partial charge in [-0.2, -0.15) is 0 Å². The summed E-state index contributed by atoms with van der Waals surface area (Å²) in [4.78, 5) is 13.6. The zero-order valence-electron chi connectivity index (χ0n) is 15.7. The normalized spacial score (nSPS) is 16.6. The fourth-order valence-electron chi connectivity index (χ4n) is 3.42. The quantitative estimate of drug-likeness (QED) is 0.466. The number of nitrogens with one attached hydrogen (secondary N) is 1. The van der Waals surface area contributed by atoms with Gasteiger partial charge in [-0.05, 0) is 39.8 Å². The fourth-order valence-corrected chi connectivity index (χ4v) is 4.02. The van der Waals surface area contributed by atoms with Crippen LogP contribution in [-0.2, 0) is 6.54 Å². The van der Waals surface area contributed by atoms with E-state index in [9.17, 15) is 0 Å². The van der Waals surface area contributed by atoms with Gasteiger partial charge >= 0.3 is 0 Å². The van der Waals surface area contributed by atoms with Gasteiger partial charge in [-0.15, -0.1) is 11.3 Å². The standard InChI is InChI=1S/C18H33N5S/c1-15-21-16(14-24-15)13-23(4)18(19-2)20-11-8-12-22(3)17-9-6-5-7-10-17/h14,17H,5-13H2,1-4H3,(H,19,20). The van der Waals surface area contributed by atoms with Gasteiger partial charge in [-0.25, -0.2) is 4.98 Å². The van der Waals surface area contributed by atoms with E-state index < -0.39 is 0 Å². The van der Waals surface area contributed by atoms with Gasteiger partial charge in [-0.3, -0.25) is 4.99 Å². The summed E-state index contributed by atoms with van der Waals surface area (Å²) >= 11 is 1.70. The molecule has 0 radical (unpaired) electrons. The number of aryl methyl sites for hydroxylation is 1. The van der Waals surface area contributed by atoms with Gasteiger partial charge < -0.3 is 15.1 Å². The van der Waals surface area contributed by atoms with E-state index in [-0.39, 0.29) is 0 Å². The summed E-state index contributed by atoms with van der Waals surface area (Å²) in [7, 11) is 6.19. The Hall–Kier alpha value is -1.14. The van der Waals surface area contributed by atoms with Crippen molar-refractivity contribution in [2.24, 2.45) is 4.99 Å². The molecule has 2 rings (SSSR count). The van der Waals surface area contributed by atoms with Crippen LogP contribution in [0.2, 0.25) is 0 Å². The minimum Gasteiger partial charge on any atom is -0.356 e.